The number of nitrogens with one attached hydrogen (secondary N) is 1. The predicted molar refractivity (Wildman–Crippen MR) is 104 cm³/mol. The van der Waals surface area contributed by atoms with E-state index in [1.165, 1.54) is 0 Å². The summed E-state index contributed by atoms with van der Waals surface area (Å²) in [6.45, 7) is 12.1. The molecule has 0 bridgehead atoms. The third-order valence-electron chi connectivity index (χ3n) is 4.17. The Bertz CT molecular complexity index is 634. The smallest absolute Gasteiger partial charge is 0.410 e. The van der Waals surface area contributed by atoms with Crippen molar-refractivity contribution in [3.8, 4) is 5.75 Å². The van der Waals surface area contributed by atoms with Crippen LogP contribution < -0.4 is 10.1 Å². The topological polar surface area (TPSA) is 71.1 Å². The number of carbonyl (C=O) groups is 2. The molecular formula is C20H31N3O4. The molecule has 0 saturated carbocycles. The first-order chi connectivity index (χ1) is 12.8. The molecule has 0 aliphatic carbocycles. The molecule has 1 aromatic carbocycles. The van der Waals surface area contributed by atoms with E-state index < -0.39 is 5.60 Å². The highest BCUT2D eigenvalue weighted by molar-refractivity contribution is 5.96. The summed E-state index contributed by atoms with van der Waals surface area (Å²) in [4.78, 5) is 28.4. The normalized spacial score (nSPS) is 15.3. The molecule has 1 N–H and O–H groups in total. The van der Waals surface area contributed by atoms with Crippen molar-refractivity contribution in [2.75, 3.05) is 45.9 Å². The fraction of sp³-hybridized carbons (Fsp3) is 0.600. The molecule has 0 aromatic heterocycles. The summed E-state index contributed by atoms with van der Waals surface area (Å²) < 4.78 is 10.9. The summed E-state index contributed by atoms with van der Waals surface area (Å²) in [6.07, 6.45) is -0.261. The lowest BCUT2D eigenvalue weighted by Crippen LogP contribution is -2.51. The molecule has 1 saturated heterocycles. The molecule has 0 unspecified atom stereocenters. The fourth-order valence-electron chi connectivity index (χ4n) is 2.84. The van der Waals surface area contributed by atoms with Crippen LogP contribution in [-0.4, -0.2) is 73.3 Å². The molecular weight excluding hydrogens is 346 g/mol. The van der Waals surface area contributed by atoms with E-state index in [4.69, 9.17) is 9.47 Å². The van der Waals surface area contributed by atoms with Crippen molar-refractivity contribution in [3.63, 3.8) is 0 Å². The number of hydrogen-bond acceptors (Lipinski definition) is 5. The summed E-state index contributed by atoms with van der Waals surface area (Å²) in [6, 6.07) is 7.24. The Morgan fingerprint density at radius 3 is 2.41 bits per heavy atom. The largest absolute Gasteiger partial charge is 0.493 e. The van der Waals surface area contributed by atoms with Gasteiger partial charge in [0.1, 0.15) is 11.4 Å². The number of benzene rings is 1. The average Bonchev–Trinajstić information content (AvgIpc) is 2.61. The molecule has 0 spiro atoms. The van der Waals surface area contributed by atoms with Gasteiger partial charge in [-0.25, -0.2) is 4.79 Å². The minimum absolute atomic E-state index is 0.133. The van der Waals surface area contributed by atoms with E-state index >= 15 is 0 Å². The van der Waals surface area contributed by atoms with Crippen LogP contribution >= 0.6 is 0 Å². The van der Waals surface area contributed by atoms with Gasteiger partial charge in [-0.2, -0.15) is 0 Å². The van der Waals surface area contributed by atoms with E-state index in [1.807, 2.05) is 39.8 Å². The second kappa shape index (κ2) is 9.60. The zero-order valence-electron chi connectivity index (χ0n) is 16.8. The zero-order valence-corrected chi connectivity index (χ0v) is 16.8. The molecule has 0 atom stereocenters. The van der Waals surface area contributed by atoms with Crippen molar-refractivity contribution in [1.82, 2.24) is 15.1 Å². The Kier molecular flexibility index (Phi) is 7.47. The monoisotopic (exact) mass is 377 g/mol. The van der Waals surface area contributed by atoms with Crippen molar-refractivity contribution in [2.45, 2.75) is 33.3 Å². The molecule has 1 heterocycles. The number of amides is 2. The van der Waals surface area contributed by atoms with Crippen molar-refractivity contribution >= 4 is 12.0 Å². The van der Waals surface area contributed by atoms with E-state index in [0.717, 1.165) is 19.6 Å². The van der Waals surface area contributed by atoms with Gasteiger partial charge in [-0.15, -0.1) is 0 Å². The Labute approximate surface area is 161 Å². The van der Waals surface area contributed by atoms with E-state index in [0.29, 0.717) is 37.6 Å². The number of carbonyl (C=O) groups excluding carboxylic acids is 2. The first kappa shape index (κ1) is 21.0. The SMILES string of the molecule is CCOc1ccccc1C(=O)NCCN1CCN(C(=O)OC(C)(C)C)CC1. The second-order valence-electron chi connectivity index (χ2n) is 7.49. The van der Waals surface area contributed by atoms with Gasteiger partial charge in [0.2, 0.25) is 0 Å². The van der Waals surface area contributed by atoms with E-state index in [-0.39, 0.29) is 12.0 Å². The molecule has 2 amide bonds. The zero-order chi connectivity index (χ0) is 19.9. The van der Waals surface area contributed by atoms with Crippen LogP contribution in [-0.2, 0) is 4.74 Å². The lowest BCUT2D eigenvalue weighted by molar-refractivity contribution is 0.0147. The number of rotatable bonds is 6. The number of nitrogens with zero attached hydrogens (tertiary/aromatic N) is 2. The van der Waals surface area contributed by atoms with Crippen molar-refractivity contribution < 1.29 is 19.1 Å². The molecule has 1 fully saturated rings. The third kappa shape index (κ3) is 6.75. The highest BCUT2D eigenvalue weighted by Gasteiger charge is 2.25. The van der Waals surface area contributed by atoms with E-state index in [1.54, 1.807) is 17.0 Å². The molecule has 7 nitrogen and oxygen atoms in total. The van der Waals surface area contributed by atoms with Crippen molar-refractivity contribution in [2.24, 2.45) is 0 Å². The van der Waals surface area contributed by atoms with Crippen LogP contribution in [0, 0.1) is 0 Å². The van der Waals surface area contributed by atoms with Gasteiger partial charge >= 0.3 is 6.09 Å². The quantitative estimate of drug-likeness (QED) is 0.824. The van der Waals surface area contributed by atoms with Gasteiger partial charge in [-0.05, 0) is 39.8 Å². The maximum Gasteiger partial charge on any atom is 0.410 e. The van der Waals surface area contributed by atoms with Crippen LogP contribution in [0.3, 0.4) is 0 Å². The van der Waals surface area contributed by atoms with Crippen molar-refractivity contribution in [3.05, 3.63) is 29.8 Å². The molecule has 2 rings (SSSR count). The maximum atomic E-state index is 12.4. The minimum atomic E-state index is -0.476. The van der Waals surface area contributed by atoms with Gasteiger partial charge in [0.25, 0.3) is 5.91 Å². The first-order valence-electron chi connectivity index (χ1n) is 9.50. The molecule has 1 aliphatic rings. The van der Waals surface area contributed by atoms with Crippen LogP contribution in [0.2, 0.25) is 0 Å². The van der Waals surface area contributed by atoms with Crippen LogP contribution in [0.15, 0.2) is 24.3 Å². The molecule has 0 radical (unpaired) electrons. The van der Waals surface area contributed by atoms with Gasteiger partial charge in [0.05, 0.1) is 12.2 Å². The summed E-state index contributed by atoms with van der Waals surface area (Å²) in [5, 5.41) is 2.94. The predicted octanol–water partition coefficient (Wildman–Crippen LogP) is 2.37. The van der Waals surface area contributed by atoms with Crippen LogP contribution in [0.25, 0.3) is 0 Å². The van der Waals surface area contributed by atoms with Crippen LogP contribution in [0.5, 0.6) is 5.75 Å². The third-order valence-corrected chi connectivity index (χ3v) is 4.17. The van der Waals surface area contributed by atoms with Crippen molar-refractivity contribution in [1.29, 1.82) is 0 Å². The Morgan fingerprint density at radius 2 is 1.78 bits per heavy atom. The van der Waals surface area contributed by atoms with E-state index in [2.05, 4.69) is 10.2 Å². The highest BCUT2D eigenvalue weighted by Crippen LogP contribution is 2.17. The molecule has 1 aromatic rings. The fourth-order valence-corrected chi connectivity index (χ4v) is 2.84. The number of hydrogen-bond donors (Lipinski definition) is 1. The van der Waals surface area contributed by atoms with Gasteiger partial charge in [-0.3, -0.25) is 9.69 Å². The van der Waals surface area contributed by atoms with Gasteiger partial charge in [0.15, 0.2) is 0 Å². The lowest BCUT2D eigenvalue weighted by atomic mass is 10.2. The standard InChI is InChI=1S/C20H31N3O4/c1-5-26-17-9-7-6-8-16(17)18(24)21-10-11-22-12-14-23(15-13-22)19(25)27-20(2,3)4/h6-9H,5,10-15H2,1-4H3,(H,21,24). The molecule has 7 heteroatoms. The van der Waals surface area contributed by atoms with E-state index in [9.17, 15) is 9.59 Å². The van der Waals surface area contributed by atoms with Crippen LogP contribution in [0.1, 0.15) is 38.1 Å². The first-order valence-corrected chi connectivity index (χ1v) is 9.50. The Hall–Kier alpha value is -2.28. The summed E-state index contributed by atoms with van der Waals surface area (Å²) in [5.74, 6) is 0.468. The highest BCUT2D eigenvalue weighted by atomic mass is 16.6. The van der Waals surface area contributed by atoms with Crippen LogP contribution in [0.4, 0.5) is 4.79 Å². The second-order valence-corrected chi connectivity index (χ2v) is 7.49. The summed E-state index contributed by atoms with van der Waals surface area (Å²) in [7, 11) is 0. The Balaban J connectivity index is 1.73. The minimum Gasteiger partial charge on any atom is -0.493 e. The summed E-state index contributed by atoms with van der Waals surface area (Å²) >= 11 is 0. The summed E-state index contributed by atoms with van der Waals surface area (Å²) in [5.41, 5.74) is 0.0742. The molecule has 150 valence electrons. The lowest BCUT2D eigenvalue weighted by Gasteiger charge is -2.35. The van der Waals surface area contributed by atoms with Gasteiger partial charge in [-0.1, -0.05) is 12.1 Å². The van der Waals surface area contributed by atoms with Gasteiger partial charge in [0, 0.05) is 39.3 Å². The number of ether oxygens (including phenoxy) is 2. The molecule has 1 aliphatic heterocycles. The maximum absolute atomic E-state index is 12.4. The average molecular weight is 377 g/mol. The molecule has 27 heavy (non-hydrogen) atoms. The number of piperazine rings is 1. The van der Waals surface area contributed by atoms with Gasteiger partial charge < -0.3 is 19.7 Å². The number of para-hydroxylation sites is 1. The Morgan fingerprint density at radius 1 is 1.11 bits per heavy atom.